The summed E-state index contributed by atoms with van der Waals surface area (Å²) >= 11 is 0. The predicted octanol–water partition coefficient (Wildman–Crippen LogP) is 3.98. The van der Waals surface area contributed by atoms with Crippen LogP contribution in [0.15, 0.2) is 61.3 Å². The third-order valence-corrected chi connectivity index (χ3v) is 4.91. The van der Waals surface area contributed by atoms with Gasteiger partial charge in [-0.1, -0.05) is 12.1 Å². The van der Waals surface area contributed by atoms with Crippen LogP contribution in [-0.2, 0) is 13.5 Å². The molecule has 6 nitrogen and oxygen atoms in total. The van der Waals surface area contributed by atoms with Gasteiger partial charge in [0.2, 0.25) is 0 Å². The van der Waals surface area contributed by atoms with Crippen molar-refractivity contribution in [2.45, 2.75) is 20.3 Å². The Morgan fingerprint density at radius 1 is 0.966 bits per heavy atom. The summed E-state index contributed by atoms with van der Waals surface area (Å²) in [6, 6.07) is 10.0. The fourth-order valence-corrected chi connectivity index (χ4v) is 3.23. The number of aryl methyl sites for hydroxylation is 3. The highest BCUT2D eigenvalue weighted by Gasteiger charge is 2.13. The van der Waals surface area contributed by atoms with Crippen LogP contribution in [0.1, 0.15) is 27.2 Å². The quantitative estimate of drug-likeness (QED) is 0.487. The third-order valence-electron chi connectivity index (χ3n) is 4.91. The molecule has 6 heteroatoms. The number of hydrogen-bond acceptors (Lipinski definition) is 5. The van der Waals surface area contributed by atoms with Gasteiger partial charge in [0.25, 0.3) is 0 Å². The summed E-state index contributed by atoms with van der Waals surface area (Å²) in [4.78, 5) is 25.6. The van der Waals surface area contributed by atoms with E-state index in [1.807, 2.05) is 39.2 Å². The summed E-state index contributed by atoms with van der Waals surface area (Å²) in [5.41, 5.74) is 6.99. The van der Waals surface area contributed by atoms with Crippen molar-refractivity contribution >= 4 is 5.78 Å². The number of rotatable bonds is 5. The highest BCUT2D eigenvalue weighted by atomic mass is 16.1. The van der Waals surface area contributed by atoms with Gasteiger partial charge in [0, 0.05) is 48.5 Å². The van der Waals surface area contributed by atoms with E-state index in [9.17, 15) is 4.79 Å². The van der Waals surface area contributed by atoms with Gasteiger partial charge in [0.1, 0.15) is 0 Å². The van der Waals surface area contributed by atoms with E-state index in [2.05, 4.69) is 38.2 Å². The molecule has 0 amide bonds. The number of nitrogens with zero attached hydrogens (tertiary/aromatic N) is 5. The molecule has 0 aliphatic rings. The summed E-state index contributed by atoms with van der Waals surface area (Å²) in [5, 5.41) is 4.47. The molecule has 0 aliphatic heterocycles. The number of benzene rings is 1. The van der Waals surface area contributed by atoms with E-state index in [4.69, 9.17) is 0 Å². The first-order chi connectivity index (χ1) is 14.0. The molecule has 0 unspecified atom stereocenters. The zero-order chi connectivity index (χ0) is 20.4. The van der Waals surface area contributed by atoms with Crippen molar-refractivity contribution in [1.29, 1.82) is 0 Å². The van der Waals surface area contributed by atoms with E-state index in [-0.39, 0.29) is 12.2 Å². The zero-order valence-electron chi connectivity index (χ0n) is 16.6. The van der Waals surface area contributed by atoms with Crippen LogP contribution in [0.4, 0.5) is 0 Å². The minimum Gasteiger partial charge on any atom is -0.294 e. The summed E-state index contributed by atoms with van der Waals surface area (Å²) < 4.78 is 1.78. The maximum absolute atomic E-state index is 12.5. The first kappa shape index (κ1) is 18.7. The third kappa shape index (κ3) is 3.96. The fourth-order valence-electron chi connectivity index (χ4n) is 3.23. The van der Waals surface area contributed by atoms with Crippen molar-refractivity contribution in [2.75, 3.05) is 0 Å². The first-order valence-corrected chi connectivity index (χ1v) is 9.37. The number of ketones is 1. The van der Waals surface area contributed by atoms with Gasteiger partial charge in [-0.05, 0) is 43.2 Å². The van der Waals surface area contributed by atoms with Gasteiger partial charge in [-0.3, -0.25) is 24.4 Å². The molecule has 0 bridgehead atoms. The molecule has 29 heavy (non-hydrogen) atoms. The van der Waals surface area contributed by atoms with Crippen molar-refractivity contribution in [3.05, 3.63) is 83.7 Å². The molecule has 0 saturated heterocycles. The van der Waals surface area contributed by atoms with Gasteiger partial charge in [0.15, 0.2) is 5.78 Å². The van der Waals surface area contributed by atoms with E-state index >= 15 is 0 Å². The van der Waals surface area contributed by atoms with Crippen LogP contribution >= 0.6 is 0 Å². The second-order valence-corrected chi connectivity index (χ2v) is 7.09. The van der Waals surface area contributed by atoms with Crippen molar-refractivity contribution in [3.8, 4) is 22.5 Å². The van der Waals surface area contributed by atoms with Crippen LogP contribution in [-0.4, -0.2) is 30.5 Å². The lowest BCUT2D eigenvalue weighted by atomic mass is 10.0. The molecule has 4 rings (SSSR count). The van der Waals surface area contributed by atoms with Crippen LogP contribution in [0.2, 0.25) is 0 Å². The van der Waals surface area contributed by atoms with Crippen LogP contribution in [0.25, 0.3) is 22.5 Å². The smallest absolute Gasteiger partial charge is 0.170 e. The van der Waals surface area contributed by atoms with E-state index in [0.29, 0.717) is 11.3 Å². The summed E-state index contributed by atoms with van der Waals surface area (Å²) in [6.07, 6.45) is 8.81. The molecule has 0 atom stereocenters. The molecule has 0 spiro atoms. The van der Waals surface area contributed by atoms with Crippen LogP contribution < -0.4 is 0 Å². The van der Waals surface area contributed by atoms with Crippen molar-refractivity contribution in [2.24, 2.45) is 7.05 Å². The highest BCUT2D eigenvalue weighted by Crippen LogP contribution is 2.27. The zero-order valence-corrected chi connectivity index (χ0v) is 16.6. The summed E-state index contributed by atoms with van der Waals surface area (Å²) in [6.45, 7) is 3.95. The van der Waals surface area contributed by atoms with E-state index in [0.717, 1.165) is 33.6 Å². The Morgan fingerprint density at radius 3 is 2.52 bits per heavy atom. The molecular formula is C23H21N5O. The molecule has 3 aromatic heterocycles. The van der Waals surface area contributed by atoms with Gasteiger partial charge in [0.05, 0.1) is 29.7 Å². The van der Waals surface area contributed by atoms with E-state index < -0.39 is 0 Å². The average molecular weight is 383 g/mol. The number of carbonyl (C=O) groups is 1. The number of pyridine rings is 1. The van der Waals surface area contributed by atoms with Crippen LogP contribution in [0.3, 0.4) is 0 Å². The lowest BCUT2D eigenvalue weighted by Crippen LogP contribution is -2.08. The van der Waals surface area contributed by atoms with Crippen LogP contribution in [0.5, 0.6) is 0 Å². The molecule has 4 aromatic rings. The normalized spacial score (nSPS) is 10.9. The molecule has 0 radical (unpaired) electrons. The Kier molecular flexibility index (Phi) is 4.99. The van der Waals surface area contributed by atoms with Gasteiger partial charge in [-0.2, -0.15) is 5.10 Å². The van der Waals surface area contributed by atoms with Gasteiger partial charge < -0.3 is 0 Å². The molecule has 0 aliphatic carbocycles. The van der Waals surface area contributed by atoms with Crippen molar-refractivity contribution in [1.82, 2.24) is 24.7 Å². The number of Topliss-reactive ketones (excluding diaryl/α,β-unsaturated/α-hetero) is 1. The molecular weight excluding hydrogens is 362 g/mol. The van der Waals surface area contributed by atoms with E-state index in [1.54, 1.807) is 29.5 Å². The van der Waals surface area contributed by atoms with Gasteiger partial charge >= 0.3 is 0 Å². The highest BCUT2D eigenvalue weighted by molar-refractivity contribution is 5.98. The SMILES string of the molecule is Cc1ccncc1C(=O)Cc1cnc(-c2cc(-c3ccn(C)n3)ccc2C)cn1. The molecule has 144 valence electrons. The monoisotopic (exact) mass is 383 g/mol. The lowest BCUT2D eigenvalue weighted by Gasteiger charge is -2.08. The minimum atomic E-state index is -0.00835. The molecule has 0 fully saturated rings. The van der Waals surface area contributed by atoms with Crippen molar-refractivity contribution in [3.63, 3.8) is 0 Å². The Hall–Kier alpha value is -3.67. The fraction of sp³-hybridized carbons (Fsp3) is 0.174. The molecule has 3 heterocycles. The summed E-state index contributed by atoms with van der Waals surface area (Å²) in [7, 11) is 1.90. The Morgan fingerprint density at radius 2 is 1.83 bits per heavy atom. The predicted molar refractivity (Wildman–Crippen MR) is 111 cm³/mol. The summed E-state index contributed by atoms with van der Waals surface area (Å²) in [5.74, 6) is -0.00835. The second-order valence-electron chi connectivity index (χ2n) is 7.09. The maximum atomic E-state index is 12.5. The Bertz CT molecular complexity index is 1180. The second kappa shape index (κ2) is 7.75. The molecule has 1 aromatic carbocycles. The Balaban J connectivity index is 1.58. The molecule has 0 N–H and O–H groups in total. The largest absolute Gasteiger partial charge is 0.294 e. The maximum Gasteiger partial charge on any atom is 0.170 e. The number of carbonyl (C=O) groups excluding carboxylic acids is 1. The number of aromatic nitrogens is 5. The standard InChI is InChI=1S/C23H21N5O/c1-15-4-5-17(21-7-9-28(3)27-21)10-19(15)22-14-25-18(12-26-22)11-23(29)20-13-24-8-6-16(20)2/h4-10,12-14H,11H2,1-3H3. The first-order valence-electron chi connectivity index (χ1n) is 9.37. The lowest BCUT2D eigenvalue weighted by molar-refractivity contribution is 0.0991. The number of hydrogen-bond donors (Lipinski definition) is 0. The van der Waals surface area contributed by atoms with Crippen LogP contribution in [0, 0.1) is 13.8 Å². The topological polar surface area (TPSA) is 73.6 Å². The Labute approximate surface area is 169 Å². The van der Waals surface area contributed by atoms with Gasteiger partial charge in [-0.15, -0.1) is 0 Å². The van der Waals surface area contributed by atoms with Gasteiger partial charge in [-0.25, -0.2) is 0 Å². The minimum absolute atomic E-state index is 0.00835. The van der Waals surface area contributed by atoms with Crippen molar-refractivity contribution < 1.29 is 4.79 Å². The molecule has 0 saturated carbocycles. The van der Waals surface area contributed by atoms with E-state index in [1.165, 1.54) is 0 Å². The average Bonchev–Trinajstić information content (AvgIpc) is 3.16.